The van der Waals surface area contributed by atoms with E-state index in [0.29, 0.717) is 0 Å². The molecule has 0 aliphatic rings. The van der Waals surface area contributed by atoms with E-state index in [9.17, 15) is 0 Å². The van der Waals surface area contributed by atoms with E-state index in [4.69, 9.17) is 14.2 Å². The van der Waals surface area contributed by atoms with Crippen molar-refractivity contribution in [1.29, 1.82) is 0 Å². The van der Waals surface area contributed by atoms with Gasteiger partial charge < -0.3 is 26.6 Å². The van der Waals surface area contributed by atoms with Gasteiger partial charge in [-0.25, -0.2) is 4.98 Å². The third-order valence-electron chi connectivity index (χ3n) is 3.98. The summed E-state index contributed by atoms with van der Waals surface area (Å²) in [6.45, 7) is 2.06. The zero-order valence-corrected chi connectivity index (χ0v) is 14.9. The number of aryl methyl sites for hydroxylation is 1. The van der Waals surface area contributed by atoms with E-state index in [2.05, 4.69) is 18.0 Å². The summed E-state index contributed by atoms with van der Waals surface area (Å²) in [6.07, 6.45) is 0. The fourth-order valence-corrected chi connectivity index (χ4v) is 2.73. The van der Waals surface area contributed by atoms with Gasteiger partial charge in [0.2, 0.25) is 5.69 Å². The number of aromatic nitrogens is 1. The molecule has 3 aromatic rings. The van der Waals surface area contributed by atoms with Crippen LogP contribution in [0.2, 0.25) is 0 Å². The molecule has 2 aromatic carbocycles. The van der Waals surface area contributed by atoms with Crippen molar-refractivity contribution < 1.29 is 31.6 Å². The fraction of sp³-hybridized carbons (Fsp3) is 0.211. The largest absolute Gasteiger partial charge is 1.00 e. The highest BCUT2D eigenvalue weighted by Gasteiger charge is 2.15. The maximum atomic E-state index is 5.41. The molecule has 0 saturated heterocycles. The van der Waals surface area contributed by atoms with Crippen molar-refractivity contribution in [2.45, 2.75) is 6.92 Å². The normalized spacial score (nSPS) is 10.2. The molecule has 0 saturated carbocycles. The molecule has 0 fully saturated rings. The lowest BCUT2D eigenvalue weighted by Crippen LogP contribution is -3.00. The van der Waals surface area contributed by atoms with Crippen LogP contribution in [-0.4, -0.2) is 21.3 Å². The molecule has 1 N–H and O–H groups in total. The number of benzene rings is 2. The number of nitrogens with one attached hydrogen (secondary N) is 1. The lowest BCUT2D eigenvalue weighted by Gasteiger charge is -2.09. The molecule has 1 aromatic heterocycles. The molecule has 5 heteroatoms. The molecule has 24 heavy (non-hydrogen) atoms. The molecule has 0 aliphatic heterocycles. The van der Waals surface area contributed by atoms with E-state index in [1.165, 1.54) is 0 Å². The lowest BCUT2D eigenvalue weighted by atomic mass is 10.0. The molecule has 126 valence electrons. The van der Waals surface area contributed by atoms with Crippen molar-refractivity contribution in [2.24, 2.45) is 0 Å². The highest BCUT2D eigenvalue weighted by molar-refractivity contribution is 5.89. The highest BCUT2D eigenvalue weighted by atomic mass is 35.5. The number of rotatable bonds is 4. The summed E-state index contributed by atoms with van der Waals surface area (Å²) in [5.74, 6) is 2.30. The Bertz CT molecular complexity index is 847. The van der Waals surface area contributed by atoms with Crippen molar-refractivity contribution in [3.05, 3.63) is 48.2 Å². The first kappa shape index (κ1) is 17.9. The molecule has 0 radical (unpaired) electrons. The molecule has 0 amide bonds. The number of aromatic amines is 1. The van der Waals surface area contributed by atoms with E-state index in [1.54, 1.807) is 21.3 Å². The van der Waals surface area contributed by atoms with E-state index in [1.807, 2.05) is 36.4 Å². The quantitative estimate of drug-likeness (QED) is 0.697. The van der Waals surface area contributed by atoms with Gasteiger partial charge in [-0.15, -0.1) is 0 Å². The summed E-state index contributed by atoms with van der Waals surface area (Å²) in [5.41, 5.74) is 3.23. The molecule has 3 rings (SSSR count). The minimum Gasteiger partial charge on any atom is -1.00 e. The highest BCUT2D eigenvalue weighted by Crippen LogP contribution is 2.34. The smallest absolute Gasteiger partial charge is 0.211 e. The first-order valence-electron chi connectivity index (χ1n) is 7.39. The van der Waals surface area contributed by atoms with Gasteiger partial charge in [-0.2, -0.15) is 0 Å². The third-order valence-corrected chi connectivity index (χ3v) is 3.98. The van der Waals surface area contributed by atoms with Crippen LogP contribution in [0.15, 0.2) is 42.5 Å². The summed E-state index contributed by atoms with van der Waals surface area (Å²) >= 11 is 0. The van der Waals surface area contributed by atoms with Crippen molar-refractivity contribution in [1.82, 2.24) is 0 Å². The topological polar surface area (TPSA) is 41.8 Å². The van der Waals surface area contributed by atoms with Crippen LogP contribution >= 0.6 is 0 Å². The maximum Gasteiger partial charge on any atom is 0.211 e. The minimum atomic E-state index is 0. The van der Waals surface area contributed by atoms with Gasteiger partial charge in [0, 0.05) is 18.6 Å². The van der Waals surface area contributed by atoms with Gasteiger partial charge in [0.05, 0.1) is 26.7 Å². The van der Waals surface area contributed by atoms with Crippen LogP contribution in [0, 0.1) is 6.92 Å². The molecule has 0 aliphatic carbocycles. The number of fused-ring (bicyclic) bond motifs is 1. The predicted molar refractivity (Wildman–Crippen MR) is 90.3 cm³/mol. The number of H-pyrrole nitrogens is 1. The van der Waals surface area contributed by atoms with E-state index in [0.717, 1.165) is 45.0 Å². The van der Waals surface area contributed by atoms with Crippen LogP contribution in [0.3, 0.4) is 0 Å². The maximum absolute atomic E-state index is 5.41. The molecular formula is C19H20ClNO3. The Labute approximate surface area is 147 Å². The van der Waals surface area contributed by atoms with Gasteiger partial charge in [0.15, 0.2) is 17.2 Å². The summed E-state index contributed by atoms with van der Waals surface area (Å²) in [6, 6.07) is 14.1. The average molecular weight is 346 g/mol. The first-order chi connectivity index (χ1) is 11.2. The molecule has 4 nitrogen and oxygen atoms in total. The van der Waals surface area contributed by atoms with Crippen LogP contribution in [0.25, 0.3) is 22.0 Å². The number of halogens is 1. The monoisotopic (exact) mass is 345 g/mol. The Morgan fingerprint density at radius 3 is 2.00 bits per heavy atom. The zero-order valence-electron chi connectivity index (χ0n) is 14.1. The Hall–Kier alpha value is -2.46. The van der Waals surface area contributed by atoms with Crippen molar-refractivity contribution in [3.8, 4) is 28.5 Å². The van der Waals surface area contributed by atoms with Gasteiger partial charge in [0.25, 0.3) is 0 Å². The SMILES string of the molecule is COc1ccc(-c2cc3cc(OC)c(OC)cc3c(C)[nH+]2)cc1.[Cl-]. The van der Waals surface area contributed by atoms with Crippen LogP contribution in [0.4, 0.5) is 0 Å². The van der Waals surface area contributed by atoms with Gasteiger partial charge in [-0.05, 0) is 41.8 Å². The molecular weight excluding hydrogens is 326 g/mol. The number of methoxy groups -OCH3 is 3. The lowest BCUT2D eigenvalue weighted by molar-refractivity contribution is -0.372. The Kier molecular flexibility index (Phi) is 5.52. The molecule has 0 unspecified atom stereocenters. The Balaban J connectivity index is 0.00000208. The number of pyridine rings is 1. The molecule has 0 bridgehead atoms. The molecule has 0 atom stereocenters. The minimum absolute atomic E-state index is 0. The van der Waals surface area contributed by atoms with Crippen molar-refractivity contribution in [3.63, 3.8) is 0 Å². The van der Waals surface area contributed by atoms with Crippen molar-refractivity contribution >= 4 is 10.8 Å². The number of hydrogen-bond acceptors (Lipinski definition) is 3. The second-order valence-corrected chi connectivity index (χ2v) is 5.33. The second kappa shape index (κ2) is 7.41. The van der Waals surface area contributed by atoms with Crippen LogP contribution in [-0.2, 0) is 0 Å². The third kappa shape index (κ3) is 3.24. The van der Waals surface area contributed by atoms with E-state index in [-0.39, 0.29) is 12.4 Å². The molecule has 0 spiro atoms. The Morgan fingerprint density at radius 2 is 1.42 bits per heavy atom. The van der Waals surface area contributed by atoms with Crippen LogP contribution < -0.4 is 31.6 Å². The standard InChI is InChI=1S/C19H19NO3.ClH/c1-12-16-11-19(23-4)18(22-3)10-14(16)9-17(20-12)13-5-7-15(21-2)8-6-13;/h5-11H,1-4H3;1H. The fourth-order valence-electron chi connectivity index (χ4n) is 2.73. The molecule has 1 heterocycles. The Morgan fingerprint density at radius 1 is 0.792 bits per heavy atom. The zero-order chi connectivity index (χ0) is 16.4. The van der Waals surface area contributed by atoms with Crippen molar-refractivity contribution in [2.75, 3.05) is 21.3 Å². The van der Waals surface area contributed by atoms with Crippen LogP contribution in [0.1, 0.15) is 5.69 Å². The van der Waals surface area contributed by atoms with Crippen LogP contribution in [0.5, 0.6) is 17.2 Å². The van der Waals surface area contributed by atoms with E-state index >= 15 is 0 Å². The average Bonchev–Trinajstić information content (AvgIpc) is 2.60. The summed E-state index contributed by atoms with van der Waals surface area (Å²) in [7, 11) is 4.96. The summed E-state index contributed by atoms with van der Waals surface area (Å²) in [4.78, 5) is 3.46. The van der Waals surface area contributed by atoms with Gasteiger partial charge in [-0.3, -0.25) is 0 Å². The van der Waals surface area contributed by atoms with Gasteiger partial charge in [-0.1, -0.05) is 0 Å². The predicted octanol–water partition coefficient (Wildman–Crippen LogP) is 0.659. The first-order valence-corrected chi connectivity index (χ1v) is 7.39. The number of ether oxygens (including phenoxy) is 3. The number of hydrogen-bond donors (Lipinski definition) is 0. The van der Waals surface area contributed by atoms with Gasteiger partial charge >= 0.3 is 0 Å². The summed E-state index contributed by atoms with van der Waals surface area (Å²) in [5, 5.41) is 2.21. The van der Waals surface area contributed by atoms with E-state index < -0.39 is 0 Å². The second-order valence-electron chi connectivity index (χ2n) is 5.33. The summed E-state index contributed by atoms with van der Waals surface area (Å²) < 4.78 is 16.0. The van der Waals surface area contributed by atoms with Gasteiger partial charge in [0.1, 0.15) is 5.75 Å².